The van der Waals surface area contributed by atoms with Gasteiger partial charge in [-0.15, -0.1) is 22.7 Å². The van der Waals surface area contributed by atoms with E-state index in [0.29, 0.717) is 28.4 Å². The van der Waals surface area contributed by atoms with Gasteiger partial charge in [0.1, 0.15) is 0 Å². The maximum Gasteiger partial charge on any atom is 0.165 e. The van der Waals surface area contributed by atoms with Crippen LogP contribution in [0, 0.1) is 0 Å². The van der Waals surface area contributed by atoms with Gasteiger partial charge in [0, 0.05) is 57.0 Å². The Morgan fingerprint density at radius 2 is 1.04 bits per heavy atom. The molecule has 0 spiro atoms. The lowest BCUT2D eigenvalue weighted by atomic mass is 9.92. The summed E-state index contributed by atoms with van der Waals surface area (Å²) >= 11 is 2.45. The number of aromatic nitrogens is 3. The fourth-order valence-corrected chi connectivity index (χ4v) is 8.60. The summed E-state index contributed by atoms with van der Waals surface area (Å²) in [5.74, 6) is 1.45. The average Bonchev–Trinajstić information content (AvgIpc) is 3.88. The molecule has 0 bridgehead atoms. The lowest BCUT2D eigenvalue weighted by Crippen LogP contribution is -2.00. The zero-order chi connectivity index (χ0) is 42.6. The summed E-state index contributed by atoms with van der Waals surface area (Å²) in [6.45, 7) is 0. The Kier molecular flexibility index (Phi) is 4.70. The highest BCUT2D eigenvalue weighted by molar-refractivity contribution is 7.26. The summed E-state index contributed by atoms with van der Waals surface area (Å²) in [5, 5.41) is 1.58. The number of benzene rings is 7. The van der Waals surface area contributed by atoms with Crippen LogP contribution in [0.3, 0.4) is 0 Å². The van der Waals surface area contributed by atoms with Crippen molar-refractivity contribution >= 4 is 63.0 Å². The zero-order valence-corrected chi connectivity index (χ0v) is 27.5. The first kappa shape index (κ1) is 19.9. The zero-order valence-electron chi connectivity index (χ0n) is 36.9. The van der Waals surface area contributed by atoms with Gasteiger partial charge in [-0.2, -0.15) is 0 Å². The van der Waals surface area contributed by atoms with Crippen LogP contribution in [0.5, 0.6) is 0 Å². The minimum absolute atomic E-state index is 0.0206. The van der Waals surface area contributed by atoms with E-state index in [1.54, 1.807) is 6.07 Å². The number of nitrogens with zero attached hydrogens (tertiary/aromatic N) is 3. The molecule has 0 fully saturated rings. The van der Waals surface area contributed by atoms with Crippen LogP contribution in [0.1, 0.15) is 15.1 Å². The van der Waals surface area contributed by atoms with Gasteiger partial charge < -0.3 is 0 Å². The quantitative estimate of drug-likeness (QED) is 0.181. The van der Waals surface area contributed by atoms with Crippen molar-refractivity contribution in [2.24, 2.45) is 0 Å². The second-order valence-electron chi connectivity index (χ2n) is 11.5. The summed E-state index contributed by atoms with van der Waals surface area (Å²) in [7, 11) is 0. The maximum absolute atomic E-state index is 9.92. The van der Waals surface area contributed by atoms with Crippen LogP contribution in [0.25, 0.3) is 96.8 Å². The standard InChI is InChI=1S/C45H27N3S2/c1-4-14-28(15-5-1)36-26-31(27-39-41(36)33-20-10-11-24-37(33)49-39)32-21-13-25-38-40(32)34-22-12-23-35(42(34)50-38)45-47-43(29-16-6-2-7-17-29)46-44(48-45)30-18-8-3-9-19-30/h1-27H/i1D,4D,5D,10D,11D,14D,15D,20D,24D,26D,27D. The molecule has 234 valence electrons. The summed E-state index contributed by atoms with van der Waals surface area (Å²) in [4.78, 5) is 14.8. The molecule has 0 N–H and O–H groups in total. The molecule has 50 heavy (non-hydrogen) atoms. The topological polar surface area (TPSA) is 38.7 Å². The molecule has 0 amide bonds. The van der Waals surface area contributed by atoms with E-state index in [1.165, 1.54) is 11.3 Å². The number of thiophene rings is 2. The third-order valence-corrected chi connectivity index (χ3v) is 10.8. The molecule has 3 heterocycles. The van der Waals surface area contributed by atoms with Gasteiger partial charge in [-0.05, 0) is 52.5 Å². The van der Waals surface area contributed by atoms with Crippen molar-refractivity contribution in [2.45, 2.75) is 0 Å². The van der Waals surface area contributed by atoms with Crippen molar-refractivity contribution < 1.29 is 15.1 Å². The molecule has 0 saturated carbocycles. The summed E-state index contributed by atoms with van der Waals surface area (Å²) < 4.78 is 99.7. The molecule has 0 aliphatic heterocycles. The largest absolute Gasteiger partial charge is 0.208 e. The van der Waals surface area contributed by atoms with E-state index in [1.807, 2.05) is 91.0 Å². The monoisotopic (exact) mass is 684 g/mol. The fourth-order valence-electron chi connectivity index (χ4n) is 6.34. The maximum atomic E-state index is 9.92. The normalized spacial score (nSPS) is 14.7. The molecule has 0 atom stereocenters. The van der Waals surface area contributed by atoms with Crippen molar-refractivity contribution in [1.29, 1.82) is 0 Å². The Hall–Kier alpha value is -6.01. The molecule has 0 radical (unpaired) electrons. The first-order valence-corrected chi connectivity index (χ1v) is 17.4. The minimum atomic E-state index is -0.621. The van der Waals surface area contributed by atoms with Crippen LogP contribution >= 0.6 is 22.7 Å². The van der Waals surface area contributed by atoms with Gasteiger partial charge in [-0.3, -0.25) is 0 Å². The predicted molar refractivity (Wildman–Crippen MR) is 213 cm³/mol. The van der Waals surface area contributed by atoms with Gasteiger partial charge in [0.05, 0.1) is 15.1 Å². The Labute approximate surface area is 312 Å². The van der Waals surface area contributed by atoms with Gasteiger partial charge >= 0.3 is 0 Å². The van der Waals surface area contributed by atoms with Crippen LogP contribution in [-0.2, 0) is 0 Å². The summed E-state index contributed by atoms with van der Waals surface area (Å²) in [5.41, 5.74) is 2.57. The highest BCUT2D eigenvalue weighted by atomic mass is 32.1. The van der Waals surface area contributed by atoms with Crippen LogP contribution < -0.4 is 0 Å². The van der Waals surface area contributed by atoms with Crippen LogP contribution in [0.2, 0.25) is 0 Å². The molecule has 5 heteroatoms. The molecule has 0 aliphatic rings. The smallest absolute Gasteiger partial charge is 0.165 e. The third-order valence-electron chi connectivity index (χ3n) is 8.56. The molecule has 0 unspecified atom stereocenters. The number of rotatable bonds is 5. The van der Waals surface area contributed by atoms with Gasteiger partial charge in [0.15, 0.2) is 17.5 Å². The molecule has 3 nitrogen and oxygen atoms in total. The van der Waals surface area contributed by atoms with E-state index in [-0.39, 0.29) is 55.0 Å². The predicted octanol–water partition coefficient (Wildman–Crippen LogP) is 12.9. The SMILES string of the molecule is [2H]c1c([2H])c([2H])c(-c2c([2H])c(-c3cccc4sc5c(-c6nc(-c7ccccc7)nc(-c7ccccc7)n6)cccc5c34)c([2H])c3sc4c([2H])c([2H])c([2H])c([2H])c4c23)c([2H])c1[2H]. The van der Waals surface area contributed by atoms with Crippen molar-refractivity contribution in [3.8, 4) is 56.4 Å². The van der Waals surface area contributed by atoms with E-state index in [2.05, 4.69) is 0 Å². The molecule has 10 aromatic rings. The summed E-state index contributed by atoms with van der Waals surface area (Å²) in [6, 6.07) is 25.4. The Morgan fingerprint density at radius 3 is 1.80 bits per heavy atom. The van der Waals surface area contributed by atoms with E-state index in [0.717, 1.165) is 42.8 Å². The van der Waals surface area contributed by atoms with E-state index >= 15 is 0 Å². The Bertz CT molecular complexity index is 3410. The van der Waals surface area contributed by atoms with Crippen LogP contribution in [0.15, 0.2) is 164 Å². The highest BCUT2D eigenvalue weighted by Crippen LogP contribution is 2.47. The first-order valence-electron chi connectivity index (χ1n) is 21.2. The molecule has 0 saturated heterocycles. The van der Waals surface area contributed by atoms with E-state index in [9.17, 15) is 2.74 Å². The minimum Gasteiger partial charge on any atom is -0.208 e. The van der Waals surface area contributed by atoms with Crippen molar-refractivity contribution in [2.75, 3.05) is 0 Å². The van der Waals surface area contributed by atoms with Crippen LogP contribution in [0.4, 0.5) is 0 Å². The molecular formula is C45H27N3S2. The second kappa shape index (κ2) is 11.8. The molecule has 7 aromatic carbocycles. The average molecular weight is 685 g/mol. The Morgan fingerprint density at radius 1 is 0.400 bits per heavy atom. The molecule has 0 aliphatic carbocycles. The first-order chi connectivity index (χ1) is 29.4. The highest BCUT2D eigenvalue weighted by Gasteiger charge is 2.20. The van der Waals surface area contributed by atoms with Gasteiger partial charge in [-0.25, -0.2) is 15.0 Å². The summed E-state index contributed by atoms with van der Waals surface area (Å²) in [6.07, 6.45) is 0. The number of hydrogen-bond donors (Lipinski definition) is 0. The molecule has 3 aromatic heterocycles. The van der Waals surface area contributed by atoms with Crippen molar-refractivity contribution in [3.05, 3.63) is 164 Å². The van der Waals surface area contributed by atoms with Gasteiger partial charge in [0.25, 0.3) is 0 Å². The Balaban J connectivity index is 1.30. The second-order valence-corrected chi connectivity index (χ2v) is 13.6. The molecule has 10 rings (SSSR count). The lowest BCUT2D eigenvalue weighted by molar-refractivity contribution is 1.08. The van der Waals surface area contributed by atoms with E-state index in [4.69, 9.17) is 27.3 Å². The van der Waals surface area contributed by atoms with Crippen LogP contribution in [-0.4, -0.2) is 15.0 Å². The molecular weight excluding hydrogens is 647 g/mol. The third kappa shape index (κ3) is 4.82. The van der Waals surface area contributed by atoms with E-state index < -0.39 is 48.3 Å². The number of fused-ring (bicyclic) bond motifs is 6. The lowest BCUT2D eigenvalue weighted by Gasteiger charge is -2.11. The van der Waals surface area contributed by atoms with Crippen molar-refractivity contribution in [1.82, 2.24) is 15.0 Å². The number of hydrogen-bond acceptors (Lipinski definition) is 5. The van der Waals surface area contributed by atoms with Gasteiger partial charge in [0.2, 0.25) is 0 Å². The van der Waals surface area contributed by atoms with Gasteiger partial charge in [-0.1, -0.05) is 133 Å². The van der Waals surface area contributed by atoms with Crippen molar-refractivity contribution in [3.63, 3.8) is 0 Å². The fraction of sp³-hybridized carbons (Fsp3) is 0.